The fraction of sp³-hybridized carbons (Fsp3) is 0.320. The van der Waals surface area contributed by atoms with E-state index in [0.717, 1.165) is 18.5 Å². The summed E-state index contributed by atoms with van der Waals surface area (Å²) < 4.78 is 49.4. The number of piperazine rings is 1. The molecule has 0 saturated carbocycles. The molecule has 1 aliphatic rings. The molecule has 1 heterocycles. The minimum atomic E-state index is -3.91. The van der Waals surface area contributed by atoms with Crippen LogP contribution in [0.15, 0.2) is 48.0 Å². The molecule has 0 radical (unpaired) electrons. The Bertz CT molecular complexity index is 1230. The van der Waals surface area contributed by atoms with Crippen LogP contribution in [0.2, 0.25) is 0 Å². The lowest BCUT2D eigenvalue weighted by atomic mass is 10.1. The molecular formula is C25H32N4O7S. The summed E-state index contributed by atoms with van der Waals surface area (Å²) in [7, 11) is 2.04. The van der Waals surface area contributed by atoms with E-state index in [9.17, 15) is 13.2 Å². The van der Waals surface area contributed by atoms with Crippen molar-refractivity contribution in [3.05, 3.63) is 53.6 Å². The Balaban J connectivity index is 1.76. The van der Waals surface area contributed by atoms with Crippen molar-refractivity contribution in [1.29, 1.82) is 0 Å². The Morgan fingerprint density at radius 3 is 2.19 bits per heavy atom. The molecule has 0 aliphatic carbocycles. The van der Waals surface area contributed by atoms with E-state index in [4.69, 9.17) is 18.9 Å². The fourth-order valence-electron chi connectivity index (χ4n) is 3.63. The third-order valence-corrected chi connectivity index (χ3v) is 6.53. The summed E-state index contributed by atoms with van der Waals surface area (Å²) >= 11 is 0. The van der Waals surface area contributed by atoms with Crippen molar-refractivity contribution in [2.75, 3.05) is 64.7 Å². The van der Waals surface area contributed by atoms with Gasteiger partial charge in [0, 0.05) is 50.6 Å². The van der Waals surface area contributed by atoms with Crippen LogP contribution in [0, 0.1) is 0 Å². The Morgan fingerprint density at radius 2 is 1.59 bits per heavy atom. The molecule has 3 rings (SSSR count). The number of amides is 1. The lowest BCUT2D eigenvalue weighted by Gasteiger charge is -2.26. The number of methoxy groups -OCH3 is 4. The van der Waals surface area contributed by atoms with E-state index in [-0.39, 0.29) is 5.91 Å². The van der Waals surface area contributed by atoms with Gasteiger partial charge in [0.2, 0.25) is 5.91 Å². The number of sulfonamides is 1. The third-order valence-electron chi connectivity index (χ3n) is 5.52. The summed E-state index contributed by atoms with van der Waals surface area (Å²) in [5, 5.41) is 7.21. The molecule has 3 N–H and O–H groups in total. The van der Waals surface area contributed by atoms with Crippen LogP contribution in [0.4, 0.5) is 11.4 Å². The second-order valence-corrected chi connectivity index (χ2v) is 9.43. The Labute approximate surface area is 217 Å². The maximum absolute atomic E-state index is 12.8. The van der Waals surface area contributed by atoms with E-state index < -0.39 is 10.0 Å². The fourth-order valence-corrected chi connectivity index (χ4v) is 4.47. The first kappa shape index (κ1) is 27.7. The molecular weight excluding hydrogens is 500 g/mol. The Morgan fingerprint density at radius 1 is 0.946 bits per heavy atom. The molecule has 1 aliphatic heterocycles. The molecule has 0 bridgehead atoms. The minimum absolute atomic E-state index is 0.112. The normalized spacial score (nSPS) is 14.0. The average molecular weight is 533 g/mol. The molecule has 1 amide bonds. The molecule has 2 aromatic rings. The maximum atomic E-state index is 12.8. The average Bonchev–Trinajstić information content (AvgIpc) is 2.91. The lowest BCUT2D eigenvalue weighted by molar-refractivity contribution is -0.126. The van der Waals surface area contributed by atoms with Gasteiger partial charge in [-0.2, -0.15) is 0 Å². The highest BCUT2D eigenvalue weighted by Gasteiger charge is 2.15. The van der Waals surface area contributed by atoms with Gasteiger partial charge in [-0.1, -0.05) is 0 Å². The van der Waals surface area contributed by atoms with E-state index in [2.05, 4.69) is 15.4 Å². The first-order valence-electron chi connectivity index (χ1n) is 11.4. The van der Waals surface area contributed by atoms with E-state index in [0.29, 0.717) is 53.0 Å². The summed E-state index contributed by atoms with van der Waals surface area (Å²) in [6, 6.07) is 8.01. The number of hydrogen-bond donors (Lipinski definition) is 3. The predicted molar refractivity (Wildman–Crippen MR) is 143 cm³/mol. The van der Waals surface area contributed by atoms with Crippen LogP contribution in [0.3, 0.4) is 0 Å². The number of nitrogens with zero attached hydrogens (tertiary/aromatic N) is 1. The number of carbonyl (C=O) groups is 1. The highest BCUT2D eigenvalue weighted by Crippen LogP contribution is 2.35. The quantitative estimate of drug-likeness (QED) is 0.374. The number of benzene rings is 2. The van der Waals surface area contributed by atoms with Gasteiger partial charge in [-0.05, 0) is 24.3 Å². The minimum Gasteiger partial charge on any atom is -0.496 e. The summed E-state index contributed by atoms with van der Waals surface area (Å²) in [6.45, 7) is 2.81. The van der Waals surface area contributed by atoms with Gasteiger partial charge in [0.15, 0.2) is 0 Å². The van der Waals surface area contributed by atoms with Gasteiger partial charge in [-0.3, -0.25) is 9.52 Å². The van der Waals surface area contributed by atoms with Gasteiger partial charge >= 0.3 is 0 Å². The van der Waals surface area contributed by atoms with Crippen LogP contribution in [0.5, 0.6) is 23.0 Å². The summed E-state index contributed by atoms with van der Waals surface area (Å²) in [5.41, 5.74) is 1.21. The predicted octanol–water partition coefficient (Wildman–Crippen LogP) is 2.49. The number of rotatable bonds is 11. The van der Waals surface area contributed by atoms with E-state index >= 15 is 0 Å². The van der Waals surface area contributed by atoms with Crippen LogP contribution < -0.4 is 34.3 Å². The van der Waals surface area contributed by atoms with Gasteiger partial charge in [0.05, 0.1) is 50.8 Å². The number of hydrogen-bond acceptors (Lipinski definition) is 9. The van der Waals surface area contributed by atoms with Crippen molar-refractivity contribution >= 4 is 33.4 Å². The molecule has 200 valence electrons. The van der Waals surface area contributed by atoms with Gasteiger partial charge in [-0.15, -0.1) is 0 Å². The van der Waals surface area contributed by atoms with E-state index in [1.54, 1.807) is 35.2 Å². The number of ether oxygens (including phenoxy) is 4. The smallest absolute Gasteiger partial charge is 0.255 e. The van der Waals surface area contributed by atoms with Crippen molar-refractivity contribution in [2.24, 2.45) is 0 Å². The number of anilines is 2. The third kappa shape index (κ3) is 7.54. The van der Waals surface area contributed by atoms with Gasteiger partial charge in [0.1, 0.15) is 23.0 Å². The molecule has 12 heteroatoms. The van der Waals surface area contributed by atoms with Crippen molar-refractivity contribution in [2.45, 2.75) is 0 Å². The topological polar surface area (TPSA) is 127 Å². The molecule has 1 fully saturated rings. The molecule has 1 saturated heterocycles. The second kappa shape index (κ2) is 12.9. The van der Waals surface area contributed by atoms with Crippen molar-refractivity contribution < 1.29 is 32.2 Å². The van der Waals surface area contributed by atoms with Crippen LogP contribution >= 0.6 is 0 Å². The van der Waals surface area contributed by atoms with E-state index in [1.807, 2.05) is 0 Å². The first-order chi connectivity index (χ1) is 17.8. The highest BCUT2D eigenvalue weighted by atomic mass is 32.2. The standard InChI is InChI=1S/C25H32N4O7S/c1-33-19-16-23(35-3)20(24(17-19)36-4)8-14-37(31,32)28-18-5-6-22(34-2)21(15-18)27-9-7-25(30)29-12-10-26-11-13-29/h5-9,14-17,26-28H,10-13H2,1-4H3. The summed E-state index contributed by atoms with van der Waals surface area (Å²) in [6.07, 6.45) is 4.31. The number of carbonyl (C=O) groups excluding carboxylic acids is 1. The van der Waals surface area contributed by atoms with Crippen LogP contribution in [-0.4, -0.2) is 73.8 Å². The highest BCUT2D eigenvalue weighted by molar-refractivity contribution is 7.95. The summed E-state index contributed by atoms with van der Waals surface area (Å²) in [4.78, 5) is 14.1. The van der Waals surface area contributed by atoms with Gasteiger partial charge < -0.3 is 34.5 Å². The molecule has 2 aromatic carbocycles. The molecule has 0 atom stereocenters. The molecule has 0 aromatic heterocycles. The van der Waals surface area contributed by atoms with E-state index in [1.165, 1.54) is 46.8 Å². The van der Waals surface area contributed by atoms with Crippen molar-refractivity contribution in [3.63, 3.8) is 0 Å². The molecule has 11 nitrogen and oxygen atoms in total. The zero-order chi connectivity index (χ0) is 26.8. The molecule has 0 spiro atoms. The Kier molecular flexibility index (Phi) is 9.64. The second-order valence-electron chi connectivity index (χ2n) is 7.86. The summed E-state index contributed by atoms with van der Waals surface area (Å²) in [5.74, 6) is 1.65. The zero-order valence-electron chi connectivity index (χ0n) is 21.2. The molecule has 37 heavy (non-hydrogen) atoms. The number of nitrogens with one attached hydrogen (secondary N) is 3. The van der Waals surface area contributed by atoms with Crippen molar-refractivity contribution in [3.8, 4) is 23.0 Å². The van der Waals surface area contributed by atoms with Gasteiger partial charge in [-0.25, -0.2) is 8.42 Å². The van der Waals surface area contributed by atoms with Gasteiger partial charge in [0.25, 0.3) is 10.0 Å². The van der Waals surface area contributed by atoms with Crippen molar-refractivity contribution in [1.82, 2.24) is 10.2 Å². The Hall–Kier alpha value is -3.90. The SMILES string of the molecule is COc1cc(OC)c(C=CS(=O)(=O)Nc2ccc(OC)c(NC=CC(=O)N3CCNCC3)c2)c(OC)c1. The molecule has 0 unspecified atom stereocenters. The largest absolute Gasteiger partial charge is 0.496 e. The lowest BCUT2D eigenvalue weighted by Crippen LogP contribution is -2.45. The monoisotopic (exact) mass is 532 g/mol. The van der Waals surface area contributed by atoms with Crippen LogP contribution in [0.1, 0.15) is 5.56 Å². The first-order valence-corrected chi connectivity index (χ1v) is 13.0. The van der Waals surface area contributed by atoms with Crippen LogP contribution in [0.25, 0.3) is 6.08 Å². The maximum Gasteiger partial charge on any atom is 0.255 e. The van der Waals surface area contributed by atoms with Crippen LogP contribution in [-0.2, 0) is 14.8 Å². The zero-order valence-corrected chi connectivity index (χ0v) is 22.1.